The normalized spacial score (nSPS) is 11.0. The Kier molecular flexibility index (Phi) is 3.50. The molecule has 1 aromatic rings. The van der Waals surface area contributed by atoms with E-state index in [1.54, 1.807) is 0 Å². The van der Waals surface area contributed by atoms with Crippen molar-refractivity contribution in [3.05, 3.63) is 17.0 Å². The van der Waals surface area contributed by atoms with E-state index in [9.17, 15) is 4.79 Å². The molecule has 0 bridgehead atoms. The third-order valence-corrected chi connectivity index (χ3v) is 2.45. The fourth-order valence-electron chi connectivity index (χ4n) is 1.78. The van der Waals surface area contributed by atoms with Gasteiger partial charge in [-0.3, -0.25) is 4.68 Å². The maximum Gasteiger partial charge on any atom is 0.339 e. The summed E-state index contributed by atoms with van der Waals surface area (Å²) in [6.07, 6.45) is 1.36. The van der Waals surface area contributed by atoms with Gasteiger partial charge in [0, 0.05) is 6.04 Å². The molecule has 1 heterocycles. The third kappa shape index (κ3) is 2.03. The molecule has 0 aliphatic rings. The number of hydrogen-bond donors (Lipinski definition) is 1. The monoisotopic (exact) mass is 210 g/mol. The maximum absolute atomic E-state index is 11.1. The van der Waals surface area contributed by atoms with Crippen molar-refractivity contribution in [2.75, 3.05) is 0 Å². The third-order valence-electron chi connectivity index (χ3n) is 2.45. The predicted octanol–water partition coefficient (Wildman–Crippen LogP) is 2.29. The van der Waals surface area contributed by atoms with E-state index < -0.39 is 5.97 Å². The summed E-state index contributed by atoms with van der Waals surface area (Å²) < 4.78 is 1.82. The Bertz CT molecular complexity index is 367. The fourth-order valence-corrected chi connectivity index (χ4v) is 1.78. The molecule has 4 nitrogen and oxygen atoms in total. The Balaban J connectivity index is 3.39. The van der Waals surface area contributed by atoms with Crippen molar-refractivity contribution in [2.45, 2.75) is 46.6 Å². The van der Waals surface area contributed by atoms with Gasteiger partial charge in [-0.15, -0.1) is 0 Å². The minimum atomic E-state index is -0.865. The van der Waals surface area contributed by atoms with Crippen LogP contribution in [0.15, 0.2) is 0 Å². The fraction of sp³-hybridized carbons (Fsp3) is 0.636. The molecular weight excluding hydrogens is 192 g/mol. The Morgan fingerprint density at radius 3 is 2.33 bits per heavy atom. The largest absolute Gasteiger partial charge is 0.478 e. The quantitative estimate of drug-likeness (QED) is 0.829. The van der Waals surface area contributed by atoms with Crippen LogP contribution in [0.4, 0.5) is 0 Å². The van der Waals surface area contributed by atoms with E-state index in [1.165, 1.54) is 0 Å². The lowest BCUT2D eigenvalue weighted by molar-refractivity contribution is 0.0694. The summed E-state index contributed by atoms with van der Waals surface area (Å²) in [5.74, 6) is -0.865. The van der Waals surface area contributed by atoms with E-state index in [0.717, 1.165) is 5.69 Å². The van der Waals surface area contributed by atoms with E-state index in [-0.39, 0.29) is 6.04 Å². The zero-order valence-corrected chi connectivity index (χ0v) is 9.74. The lowest BCUT2D eigenvalue weighted by Crippen LogP contribution is -2.09. The van der Waals surface area contributed by atoms with E-state index in [2.05, 4.69) is 5.10 Å². The van der Waals surface area contributed by atoms with Crippen molar-refractivity contribution >= 4 is 5.97 Å². The second kappa shape index (κ2) is 4.47. The van der Waals surface area contributed by atoms with Gasteiger partial charge in [-0.1, -0.05) is 13.8 Å². The molecular formula is C11H18N2O2. The first-order valence-corrected chi connectivity index (χ1v) is 5.36. The number of hydrogen-bond acceptors (Lipinski definition) is 2. The minimum Gasteiger partial charge on any atom is -0.478 e. The Labute approximate surface area is 89.9 Å². The van der Waals surface area contributed by atoms with Gasteiger partial charge in [0.15, 0.2) is 0 Å². The average molecular weight is 210 g/mol. The Hall–Kier alpha value is -1.32. The average Bonchev–Trinajstić information content (AvgIpc) is 2.55. The van der Waals surface area contributed by atoms with Gasteiger partial charge < -0.3 is 5.11 Å². The Morgan fingerprint density at radius 2 is 2.00 bits per heavy atom. The molecule has 0 amide bonds. The van der Waals surface area contributed by atoms with Gasteiger partial charge in [-0.05, 0) is 26.7 Å². The highest BCUT2D eigenvalue weighted by Crippen LogP contribution is 2.19. The number of nitrogens with zero attached hydrogens (tertiary/aromatic N) is 2. The van der Waals surface area contributed by atoms with Gasteiger partial charge in [0.2, 0.25) is 0 Å². The summed E-state index contributed by atoms with van der Waals surface area (Å²) in [6, 6.07) is 0.207. The first kappa shape index (κ1) is 11.8. The van der Waals surface area contributed by atoms with Crippen molar-refractivity contribution in [3.8, 4) is 0 Å². The highest BCUT2D eigenvalue weighted by atomic mass is 16.4. The van der Waals surface area contributed by atoms with Crippen LogP contribution in [0.2, 0.25) is 0 Å². The summed E-state index contributed by atoms with van der Waals surface area (Å²) in [5, 5.41) is 13.5. The van der Waals surface area contributed by atoms with Gasteiger partial charge in [-0.2, -0.15) is 5.10 Å². The summed E-state index contributed by atoms with van der Waals surface area (Å²) >= 11 is 0. The molecule has 0 saturated carbocycles. The molecule has 0 aromatic carbocycles. The van der Waals surface area contributed by atoms with Gasteiger partial charge in [-0.25, -0.2) is 4.79 Å². The van der Waals surface area contributed by atoms with Crippen LogP contribution in [-0.2, 0) is 12.8 Å². The smallest absolute Gasteiger partial charge is 0.339 e. The summed E-state index contributed by atoms with van der Waals surface area (Å²) in [6.45, 7) is 7.91. The molecule has 84 valence electrons. The number of aromatic nitrogens is 2. The first-order valence-electron chi connectivity index (χ1n) is 5.36. The molecule has 0 aliphatic carbocycles. The van der Waals surface area contributed by atoms with Crippen LogP contribution in [0.1, 0.15) is 55.5 Å². The van der Waals surface area contributed by atoms with Crippen LogP contribution in [0.3, 0.4) is 0 Å². The van der Waals surface area contributed by atoms with Crippen molar-refractivity contribution in [3.63, 3.8) is 0 Å². The van der Waals surface area contributed by atoms with E-state index in [1.807, 2.05) is 32.4 Å². The minimum absolute atomic E-state index is 0.207. The van der Waals surface area contributed by atoms with E-state index >= 15 is 0 Å². The molecule has 0 fully saturated rings. The lowest BCUT2D eigenvalue weighted by atomic mass is 10.1. The molecule has 0 saturated heterocycles. The number of aromatic carboxylic acids is 1. The number of carboxylic acids is 1. The second-order valence-corrected chi connectivity index (χ2v) is 3.82. The summed E-state index contributed by atoms with van der Waals surface area (Å²) in [7, 11) is 0. The topological polar surface area (TPSA) is 55.1 Å². The van der Waals surface area contributed by atoms with Crippen molar-refractivity contribution in [1.29, 1.82) is 0 Å². The van der Waals surface area contributed by atoms with Crippen LogP contribution in [-0.4, -0.2) is 20.9 Å². The van der Waals surface area contributed by atoms with Crippen LogP contribution in [0.25, 0.3) is 0 Å². The molecule has 1 aromatic heterocycles. The molecule has 0 radical (unpaired) electrons. The van der Waals surface area contributed by atoms with Crippen LogP contribution >= 0.6 is 0 Å². The number of rotatable bonds is 4. The van der Waals surface area contributed by atoms with E-state index in [0.29, 0.717) is 24.1 Å². The lowest BCUT2D eigenvalue weighted by Gasteiger charge is -2.09. The van der Waals surface area contributed by atoms with Gasteiger partial charge in [0.1, 0.15) is 5.56 Å². The number of carbonyl (C=O) groups is 1. The molecule has 0 atom stereocenters. The van der Waals surface area contributed by atoms with Crippen LogP contribution in [0.5, 0.6) is 0 Å². The molecule has 0 unspecified atom stereocenters. The highest BCUT2D eigenvalue weighted by Gasteiger charge is 2.21. The molecule has 0 aliphatic heterocycles. The zero-order chi connectivity index (χ0) is 11.6. The van der Waals surface area contributed by atoms with Gasteiger partial charge >= 0.3 is 5.97 Å². The van der Waals surface area contributed by atoms with Crippen molar-refractivity contribution in [2.24, 2.45) is 0 Å². The Morgan fingerprint density at radius 1 is 1.40 bits per heavy atom. The van der Waals surface area contributed by atoms with Crippen molar-refractivity contribution < 1.29 is 9.90 Å². The number of aryl methyl sites for hydroxylation is 1. The predicted molar refractivity (Wildman–Crippen MR) is 58.3 cm³/mol. The zero-order valence-electron chi connectivity index (χ0n) is 9.74. The van der Waals surface area contributed by atoms with Gasteiger partial charge in [0.25, 0.3) is 0 Å². The summed E-state index contributed by atoms with van der Waals surface area (Å²) in [4.78, 5) is 11.1. The second-order valence-electron chi connectivity index (χ2n) is 3.82. The first-order chi connectivity index (χ1) is 7.02. The maximum atomic E-state index is 11.1. The molecule has 4 heteroatoms. The molecule has 15 heavy (non-hydrogen) atoms. The van der Waals surface area contributed by atoms with Crippen molar-refractivity contribution in [1.82, 2.24) is 9.78 Å². The van der Waals surface area contributed by atoms with E-state index in [4.69, 9.17) is 5.11 Å². The van der Waals surface area contributed by atoms with Gasteiger partial charge in [0.05, 0.1) is 11.4 Å². The molecule has 0 spiro atoms. The number of carboxylic acid groups (broad SMARTS) is 1. The standard InChI is InChI=1S/C11H18N2O2/c1-5-8-10(11(14)15)9(6-2)13(12-8)7(3)4/h7H,5-6H2,1-4H3,(H,14,15). The summed E-state index contributed by atoms with van der Waals surface area (Å²) in [5.41, 5.74) is 1.91. The highest BCUT2D eigenvalue weighted by molar-refractivity contribution is 5.90. The van der Waals surface area contributed by atoms with Crippen LogP contribution < -0.4 is 0 Å². The SMILES string of the molecule is CCc1nn(C(C)C)c(CC)c1C(=O)O. The van der Waals surface area contributed by atoms with Crippen LogP contribution in [0, 0.1) is 0 Å². The molecule has 1 rings (SSSR count). The molecule has 1 N–H and O–H groups in total.